The highest BCUT2D eigenvalue weighted by Gasteiger charge is 2.33. The lowest BCUT2D eigenvalue weighted by Gasteiger charge is -2.22. The van der Waals surface area contributed by atoms with Crippen LogP contribution >= 0.6 is 0 Å². The fourth-order valence-electron chi connectivity index (χ4n) is 3.06. The summed E-state index contributed by atoms with van der Waals surface area (Å²) in [5.74, 6) is 1.08. The third-order valence-corrected chi connectivity index (χ3v) is 4.54. The van der Waals surface area contributed by atoms with Crippen molar-refractivity contribution >= 4 is 6.03 Å². The van der Waals surface area contributed by atoms with Crippen molar-refractivity contribution in [3.05, 3.63) is 77.8 Å². The summed E-state index contributed by atoms with van der Waals surface area (Å²) in [7, 11) is 0. The summed E-state index contributed by atoms with van der Waals surface area (Å²) in [4.78, 5) is 18.4. The molecule has 0 atom stereocenters. The molecule has 0 bridgehead atoms. The van der Waals surface area contributed by atoms with Gasteiger partial charge in [0.15, 0.2) is 0 Å². The Morgan fingerprint density at radius 2 is 2.00 bits per heavy atom. The first kappa shape index (κ1) is 21.5. The van der Waals surface area contributed by atoms with Crippen molar-refractivity contribution in [1.29, 1.82) is 0 Å². The SMILES string of the molecule is CCCNC(=O)N(Cc1ccco1)Cc1nccn1Cc1ccccc1C(F)(F)F. The number of imidazole rings is 1. The van der Waals surface area contributed by atoms with Crippen LogP contribution in [0, 0.1) is 0 Å². The number of nitrogens with one attached hydrogen (secondary N) is 1. The minimum Gasteiger partial charge on any atom is -0.467 e. The molecule has 2 aromatic heterocycles. The minimum atomic E-state index is -4.44. The normalized spacial score (nSPS) is 11.5. The van der Waals surface area contributed by atoms with Crippen LogP contribution in [0.3, 0.4) is 0 Å². The van der Waals surface area contributed by atoms with Crippen molar-refractivity contribution in [2.45, 2.75) is 39.2 Å². The topological polar surface area (TPSA) is 63.3 Å². The van der Waals surface area contributed by atoms with E-state index >= 15 is 0 Å². The Morgan fingerprint density at radius 3 is 2.70 bits per heavy atom. The lowest BCUT2D eigenvalue weighted by molar-refractivity contribution is -0.138. The first-order valence-corrected chi connectivity index (χ1v) is 9.58. The van der Waals surface area contributed by atoms with Gasteiger partial charge in [-0.15, -0.1) is 0 Å². The number of furan rings is 1. The zero-order valence-electron chi connectivity index (χ0n) is 16.5. The Kier molecular flexibility index (Phi) is 6.81. The predicted octanol–water partition coefficient (Wildman–Crippen LogP) is 4.67. The van der Waals surface area contributed by atoms with Gasteiger partial charge in [-0.3, -0.25) is 0 Å². The van der Waals surface area contributed by atoms with Crippen LogP contribution in [-0.4, -0.2) is 27.0 Å². The van der Waals surface area contributed by atoms with Crippen molar-refractivity contribution in [3.63, 3.8) is 0 Å². The number of carbonyl (C=O) groups excluding carboxylic acids is 1. The number of aromatic nitrogens is 2. The fourth-order valence-corrected chi connectivity index (χ4v) is 3.06. The van der Waals surface area contributed by atoms with Gasteiger partial charge in [0, 0.05) is 25.5 Å². The molecule has 0 radical (unpaired) electrons. The van der Waals surface area contributed by atoms with Crippen LogP contribution in [0.25, 0.3) is 0 Å². The van der Waals surface area contributed by atoms with Crippen LogP contribution in [-0.2, 0) is 25.8 Å². The number of rotatable bonds is 8. The Balaban J connectivity index is 1.81. The number of alkyl halides is 3. The third-order valence-electron chi connectivity index (χ3n) is 4.54. The summed E-state index contributed by atoms with van der Waals surface area (Å²) < 4.78 is 46.9. The van der Waals surface area contributed by atoms with Gasteiger partial charge in [-0.1, -0.05) is 25.1 Å². The molecule has 2 heterocycles. The third kappa shape index (κ3) is 5.43. The largest absolute Gasteiger partial charge is 0.467 e. The summed E-state index contributed by atoms with van der Waals surface area (Å²) in [6.45, 7) is 2.80. The first-order valence-electron chi connectivity index (χ1n) is 9.58. The summed E-state index contributed by atoms with van der Waals surface area (Å²) in [5.41, 5.74) is -0.546. The Morgan fingerprint density at radius 1 is 1.20 bits per heavy atom. The van der Waals surface area contributed by atoms with E-state index in [2.05, 4.69) is 10.3 Å². The number of amides is 2. The van der Waals surface area contributed by atoms with Gasteiger partial charge in [0.1, 0.15) is 11.6 Å². The quantitative estimate of drug-likeness (QED) is 0.576. The lowest BCUT2D eigenvalue weighted by Crippen LogP contribution is -2.40. The molecule has 6 nitrogen and oxygen atoms in total. The average molecular weight is 420 g/mol. The van der Waals surface area contributed by atoms with Crippen molar-refractivity contribution in [2.75, 3.05) is 6.54 Å². The molecule has 3 rings (SSSR count). The number of hydrogen-bond acceptors (Lipinski definition) is 3. The van der Waals surface area contributed by atoms with E-state index in [4.69, 9.17) is 4.42 Å². The van der Waals surface area contributed by atoms with Crippen LogP contribution in [0.4, 0.5) is 18.0 Å². The van der Waals surface area contributed by atoms with Crippen LogP contribution < -0.4 is 5.32 Å². The molecule has 160 valence electrons. The number of urea groups is 1. The second-order valence-electron chi connectivity index (χ2n) is 6.79. The Bertz CT molecular complexity index is 951. The monoisotopic (exact) mass is 420 g/mol. The number of halogens is 3. The van der Waals surface area contributed by atoms with Gasteiger partial charge in [0.2, 0.25) is 0 Å². The molecule has 30 heavy (non-hydrogen) atoms. The molecule has 0 aliphatic heterocycles. The number of nitrogens with zero attached hydrogens (tertiary/aromatic N) is 3. The molecule has 3 aromatic rings. The van der Waals surface area contributed by atoms with Crippen LogP contribution in [0.1, 0.15) is 36.1 Å². The summed E-state index contributed by atoms with van der Waals surface area (Å²) in [6, 6.07) is 8.64. The molecule has 0 saturated carbocycles. The number of carbonyl (C=O) groups is 1. The van der Waals surface area contributed by atoms with Gasteiger partial charge in [-0.05, 0) is 30.2 Å². The Labute approximate surface area is 172 Å². The van der Waals surface area contributed by atoms with Gasteiger partial charge in [-0.25, -0.2) is 9.78 Å². The molecular formula is C21H23F3N4O2. The van der Waals surface area contributed by atoms with E-state index in [1.807, 2.05) is 6.92 Å². The molecule has 0 fully saturated rings. The second kappa shape index (κ2) is 9.51. The predicted molar refractivity (Wildman–Crippen MR) is 104 cm³/mol. The standard InChI is InChI=1S/C21H23F3N4O2/c1-2-9-26-20(29)28(14-17-7-5-12-30-17)15-19-25-10-11-27(19)13-16-6-3-4-8-18(16)21(22,23)24/h3-8,10-12H,2,9,13-15H2,1H3,(H,26,29). The zero-order valence-corrected chi connectivity index (χ0v) is 16.5. The fraction of sp³-hybridized carbons (Fsp3) is 0.333. The van der Waals surface area contributed by atoms with Crippen molar-refractivity contribution in [1.82, 2.24) is 19.8 Å². The summed E-state index contributed by atoms with van der Waals surface area (Å²) in [5, 5.41) is 2.82. The van der Waals surface area contributed by atoms with E-state index in [1.54, 1.807) is 29.0 Å². The first-order chi connectivity index (χ1) is 14.4. The maximum Gasteiger partial charge on any atom is 0.416 e. The van der Waals surface area contributed by atoms with Crippen molar-refractivity contribution < 1.29 is 22.4 Å². The maximum atomic E-state index is 13.3. The highest BCUT2D eigenvalue weighted by atomic mass is 19.4. The van der Waals surface area contributed by atoms with E-state index in [0.29, 0.717) is 18.1 Å². The molecule has 0 unspecified atom stereocenters. The number of hydrogen-bond donors (Lipinski definition) is 1. The van der Waals surface area contributed by atoms with Gasteiger partial charge < -0.3 is 19.2 Å². The molecule has 9 heteroatoms. The molecule has 0 saturated heterocycles. The second-order valence-corrected chi connectivity index (χ2v) is 6.79. The van der Waals surface area contributed by atoms with Gasteiger partial charge >= 0.3 is 12.2 Å². The van der Waals surface area contributed by atoms with Crippen molar-refractivity contribution in [3.8, 4) is 0 Å². The van der Waals surface area contributed by atoms with Crippen molar-refractivity contribution in [2.24, 2.45) is 0 Å². The zero-order chi connectivity index (χ0) is 21.6. The van der Waals surface area contributed by atoms with Crippen LogP contribution in [0.5, 0.6) is 0 Å². The Hall–Kier alpha value is -3.23. The summed E-state index contributed by atoms with van der Waals surface area (Å²) in [6.07, 6.45) is 0.983. The van der Waals surface area contributed by atoms with E-state index in [1.165, 1.54) is 29.5 Å². The maximum absolute atomic E-state index is 13.3. The molecule has 0 aliphatic rings. The lowest BCUT2D eigenvalue weighted by atomic mass is 10.1. The van der Waals surface area contributed by atoms with E-state index in [9.17, 15) is 18.0 Å². The summed E-state index contributed by atoms with van der Waals surface area (Å²) >= 11 is 0. The molecule has 1 N–H and O–H groups in total. The molecule has 0 aliphatic carbocycles. The molecule has 2 amide bonds. The van der Waals surface area contributed by atoms with Crippen LogP contribution in [0.2, 0.25) is 0 Å². The van der Waals surface area contributed by atoms with Gasteiger partial charge in [0.25, 0.3) is 0 Å². The molecule has 1 aromatic carbocycles. The molecule has 0 spiro atoms. The highest BCUT2D eigenvalue weighted by Crippen LogP contribution is 2.32. The van der Waals surface area contributed by atoms with E-state index < -0.39 is 11.7 Å². The van der Waals surface area contributed by atoms with Crippen LogP contribution in [0.15, 0.2) is 59.5 Å². The average Bonchev–Trinajstić information content (AvgIpc) is 3.37. The van der Waals surface area contributed by atoms with Gasteiger partial charge in [-0.2, -0.15) is 13.2 Å². The smallest absolute Gasteiger partial charge is 0.416 e. The minimum absolute atomic E-state index is 0.00378. The van der Waals surface area contributed by atoms with Gasteiger partial charge in [0.05, 0.1) is 24.9 Å². The highest BCUT2D eigenvalue weighted by molar-refractivity contribution is 5.74. The number of benzene rings is 1. The van der Waals surface area contributed by atoms with E-state index in [0.717, 1.165) is 12.5 Å². The molecular weight excluding hydrogens is 397 g/mol. The van der Waals surface area contributed by atoms with E-state index in [-0.39, 0.29) is 31.2 Å².